The van der Waals surface area contributed by atoms with Gasteiger partial charge < -0.3 is 10.2 Å². The quantitative estimate of drug-likeness (QED) is 0.806. The monoisotopic (exact) mass is 324 g/mol. The molecule has 2 unspecified atom stereocenters. The Morgan fingerprint density at radius 3 is 1.92 bits per heavy atom. The van der Waals surface area contributed by atoms with Gasteiger partial charge in [-0.1, -0.05) is 43.7 Å². The van der Waals surface area contributed by atoms with Gasteiger partial charge in [0, 0.05) is 10.8 Å². The van der Waals surface area contributed by atoms with Gasteiger partial charge in [0.1, 0.15) is 5.75 Å². The first-order valence-corrected chi connectivity index (χ1v) is 8.62. The first kappa shape index (κ1) is 17.0. The Bertz CT molecular complexity index is 809. The minimum absolute atomic E-state index is 0.319. The zero-order valence-corrected chi connectivity index (χ0v) is 15.8. The van der Waals surface area contributed by atoms with Gasteiger partial charge in [0.25, 0.3) is 0 Å². The minimum atomic E-state index is -0.524. The highest BCUT2D eigenvalue weighted by atomic mass is 16.3. The summed E-state index contributed by atoms with van der Waals surface area (Å²) in [5, 5.41) is 21.5. The molecule has 0 radical (unpaired) electrons. The van der Waals surface area contributed by atoms with Crippen molar-refractivity contribution >= 4 is 0 Å². The molecule has 2 aromatic carbocycles. The number of rotatable bonds is 1. The maximum atomic E-state index is 11.4. The smallest absolute Gasteiger partial charge is 0.121 e. The van der Waals surface area contributed by atoms with Crippen LogP contribution in [0.1, 0.15) is 59.7 Å². The molecule has 128 valence electrons. The van der Waals surface area contributed by atoms with Crippen molar-refractivity contribution in [1.82, 2.24) is 0 Å². The average Bonchev–Trinajstić information content (AvgIpc) is 2.64. The number of hydrogen-bond donors (Lipinski definition) is 2. The molecule has 1 aliphatic carbocycles. The van der Waals surface area contributed by atoms with Crippen LogP contribution in [0.25, 0.3) is 0 Å². The van der Waals surface area contributed by atoms with Crippen molar-refractivity contribution in [2.75, 3.05) is 0 Å². The number of hydrogen-bond acceptors (Lipinski definition) is 2. The molecule has 2 aromatic rings. The van der Waals surface area contributed by atoms with E-state index in [1.807, 2.05) is 26.0 Å². The van der Waals surface area contributed by atoms with Crippen molar-refractivity contribution in [3.63, 3.8) is 0 Å². The highest BCUT2D eigenvalue weighted by Gasteiger charge is 2.54. The fraction of sp³-hybridized carbons (Fsp3) is 0.455. The molecule has 2 nitrogen and oxygen atoms in total. The Hall–Kier alpha value is -1.80. The maximum Gasteiger partial charge on any atom is 0.121 e. The van der Waals surface area contributed by atoms with E-state index in [2.05, 4.69) is 46.8 Å². The van der Waals surface area contributed by atoms with Crippen molar-refractivity contribution < 1.29 is 10.2 Å². The fourth-order valence-corrected chi connectivity index (χ4v) is 4.73. The topological polar surface area (TPSA) is 40.5 Å². The second-order valence-electron chi connectivity index (χ2n) is 8.29. The van der Waals surface area contributed by atoms with Crippen LogP contribution < -0.4 is 0 Å². The summed E-state index contributed by atoms with van der Waals surface area (Å²) in [5.41, 5.74) is 6.90. The van der Waals surface area contributed by atoms with Gasteiger partial charge in [-0.05, 0) is 68.0 Å². The zero-order valence-electron chi connectivity index (χ0n) is 15.8. The van der Waals surface area contributed by atoms with E-state index in [4.69, 9.17) is 0 Å². The summed E-state index contributed by atoms with van der Waals surface area (Å²) < 4.78 is 0. The highest BCUT2D eigenvalue weighted by molar-refractivity contribution is 5.60. The molecular formula is C22H28O2. The van der Waals surface area contributed by atoms with Crippen molar-refractivity contribution in [1.29, 1.82) is 0 Å². The molecule has 0 aliphatic heterocycles. The lowest BCUT2D eigenvalue weighted by Crippen LogP contribution is -2.42. The number of phenols is 1. The average molecular weight is 324 g/mol. The van der Waals surface area contributed by atoms with Crippen LogP contribution >= 0.6 is 0 Å². The van der Waals surface area contributed by atoms with Crippen LogP contribution in [0.4, 0.5) is 0 Å². The number of fused-ring (bicyclic) bond motifs is 1. The van der Waals surface area contributed by atoms with E-state index < -0.39 is 11.5 Å². The van der Waals surface area contributed by atoms with Crippen molar-refractivity contribution in [3.8, 4) is 5.75 Å². The zero-order chi connectivity index (χ0) is 18.0. The predicted octanol–water partition coefficient (Wildman–Crippen LogP) is 4.58. The van der Waals surface area contributed by atoms with Gasteiger partial charge >= 0.3 is 0 Å². The summed E-state index contributed by atoms with van der Waals surface area (Å²) in [6, 6.07) is 8.47. The van der Waals surface area contributed by atoms with Crippen molar-refractivity contribution in [3.05, 3.63) is 63.2 Å². The lowest BCUT2D eigenvalue weighted by Gasteiger charge is -2.36. The largest absolute Gasteiger partial charge is 0.507 e. The van der Waals surface area contributed by atoms with Gasteiger partial charge in [-0.15, -0.1) is 0 Å². The number of phenolic OH excluding ortho intramolecular Hbond substituents is 1. The van der Waals surface area contributed by atoms with Crippen molar-refractivity contribution in [2.24, 2.45) is 0 Å². The molecule has 0 amide bonds. The van der Waals surface area contributed by atoms with Gasteiger partial charge in [-0.25, -0.2) is 0 Å². The Balaban J connectivity index is 2.37. The Kier molecular flexibility index (Phi) is 3.62. The van der Waals surface area contributed by atoms with Crippen LogP contribution in [0.2, 0.25) is 0 Å². The molecule has 0 aromatic heterocycles. The Morgan fingerprint density at radius 1 is 0.833 bits per heavy atom. The predicted molar refractivity (Wildman–Crippen MR) is 99.0 cm³/mol. The fourth-order valence-electron chi connectivity index (χ4n) is 4.73. The summed E-state index contributed by atoms with van der Waals surface area (Å²) in [5.74, 6) is 0.343. The van der Waals surface area contributed by atoms with E-state index in [9.17, 15) is 10.2 Å². The lowest BCUT2D eigenvalue weighted by molar-refractivity contribution is 0.0651. The third kappa shape index (κ3) is 2.05. The van der Waals surface area contributed by atoms with E-state index in [0.29, 0.717) is 5.75 Å². The molecule has 0 saturated heterocycles. The first-order chi connectivity index (χ1) is 11.0. The van der Waals surface area contributed by atoms with E-state index in [-0.39, 0.29) is 5.41 Å². The third-order valence-electron chi connectivity index (χ3n) is 6.01. The first-order valence-electron chi connectivity index (χ1n) is 8.62. The maximum absolute atomic E-state index is 11.4. The van der Waals surface area contributed by atoms with Crippen LogP contribution in [0.3, 0.4) is 0 Å². The molecule has 0 spiro atoms. The number of benzene rings is 2. The molecule has 0 saturated carbocycles. The van der Waals surface area contributed by atoms with Gasteiger partial charge in [-0.3, -0.25) is 0 Å². The Morgan fingerprint density at radius 2 is 1.38 bits per heavy atom. The molecule has 0 bridgehead atoms. The van der Waals surface area contributed by atoms with Gasteiger partial charge in [0.05, 0.1) is 6.10 Å². The number of aliphatic hydroxyl groups excluding tert-OH is 1. The molecule has 0 fully saturated rings. The molecule has 0 heterocycles. The van der Waals surface area contributed by atoms with Crippen LogP contribution in [0.5, 0.6) is 5.75 Å². The number of aryl methyl sites for hydroxylation is 4. The lowest BCUT2D eigenvalue weighted by atomic mass is 9.71. The molecule has 2 heteroatoms. The van der Waals surface area contributed by atoms with Crippen LogP contribution in [0, 0.1) is 27.7 Å². The molecule has 24 heavy (non-hydrogen) atoms. The van der Waals surface area contributed by atoms with Gasteiger partial charge in [0.2, 0.25) is 0 Å². The molecule has 2 N–H and O–H groups in total. The van der Waals surface area contributed by atoms with Gasteiger partial charge in [0.15, 0.2) is 0 Å². The van der Waals surface area contributed by atoms with E-state index in [1.54, 1.807) is 0 Å². The van der Waals surface area contributed by atoms with E-state index >= 15 is 0 Å². The SMILES string of the molecule is Cc1cc(C)c2c(c1)C(C)(C)C(O)C2(C)c1cc(C)c(O)c(C)c1. The van der Waals surface area contributed by atoms with Crippen LogP contribution in [-0.2, 0) is 10.8 Å². The minimum Gasteiger partial charge on any atom is -0.507 e. The standard InChI is InChI=1S/C22H28O2/c1-12-8-13(2)18-17(9-12)21(5,6)20(24)22(18,7)16-10-14(3)19(23)15(4)11-16/h8-11,20,23-24H,1-7H3. The molecule has 2 atom stereocenters. The molecule has 1 aliphatic rings. The van der Waals surface area contributed by atoms with Crippen molar-refractivity contribution in [2.45, 2.75) is 65.4 Å². The van der Waals surface area contributed by atoms with Crippen LogP contribution in [-0.4, -0.2) is 16.3 Å². The van der Waals surface area contributed by atoms with Crippen LogP contribution in [0.15, 0.2) is 24.3 Å². The third-order valence-corrected chi connectivity index (χ3v) is 6.01. The Labute approximate surface area is 145 Å². The summed E-state index contributed by atoms with van der Waals surface area (Å²) >= 11 is 0. The normalized spacial score (nSPS) is 24.9. The summed E-state index contributed by atoms with van der Waals surface area (Å²) in [4.78, 5) is 0. The summed E-state index contributed by atoms with van der Waals surface area (Å²) in [7, 11) is 0. The molecule has 3 rings (SSSR count). The second-order valence-corrected chi connectivity index (χ2v) is 8.29. The number of aliphatic hydroxyl groups is 1. The molecular weight excluding hydrogens is 296 g/mol. The van der Waals surface area contributed by atoms with E-state index in [0.717, 1.165) is 16.7 Å². The van der Waals surface area contributed by atoms with Gasteiger partial charge in [-0.2, -0.15) is 0 Å². The highest BCUT2D eigenvalue weighted by Crippen LogP contribution is 2.54. The summed E-state index contributed by atoms with van der Waals surface area (Å²) in [6.45, 7) is 14.5. The van der Waals surface area contributed by atoms with E-state index in [1.165, 1.54) is 22.3 Å². The second kappa shape index (κ2) is 5.10. The summed E-state index contributed by atoms with van der Waals surface area (Å²) in [6.07, 6.45) is -0.524. The number of aromatic hydroxyl groups is 1.